The van der Waals surface area contributed by atoms with Crippen LogP contribution < -0.4 is 15.2 Å². The molecule has 0 heterocycles. The maximum Gasteiger partial charge on any atom is 0.127 e. The van der Waals surface area contributed by atoms with Crippen molar-refractivity contribution in [2.24, 2.45) is 5.73 Å². The van der Waals surface area contributed by atoms with Crippen molar-refractivity contribution in [3.63, 3.8) is 0 Å². The predicted molar refractivity (Wildman–Crippen MR) is 64.5 cm³/mol. The van der Waals surface area contributed by atoms with Gasteiger partial charge in [-0.05, 0) is 13.0 Å². The Bertz CT molecular complexity index is 404. The van der Waals surface area contributed by atoms with E-state index in [1.165, 1.54) is 0 Å². The highest BCUT2D eigenvalue weighted by atomic mass is 16.5. The van der Waals surface area contributed by atoms with Crippen molar-refractivity contribution in [2.45, 2.75) is 19.4 Å². The highest BCUT2D eigenvalue weighted by Gasteiger charge is 2.11. The normalized spacial score (nSPS) is 11.2. The summed E-state index contributed by atoms with van der Waals surface area (Å²) in [6.07, 6.45) is 0.624. The molecular formula is C13H17NO2. The fraction of sp³-hybridized carbons (Fsp3) is 0.385. The molecule has 0 fully saturated rings. The molecular weight excluding hydrogens is 202 g/mol. The van der Waals surface area contributed by atoms with Crippen LogP contribution in [0.25, 0.3) is 0 Å². The lowest BCUT2D eigenvalue weighted by Gasteiger charge is -2.14. The standard InChI is InChI=1S/C13H17NO2/c1-4-5-6-12(14)11-8-7-10(15-2)9-13(11)16-3/h7-9,12H,6,14H2,1-3H3. The van der Waals surface area contributed by atoms with Crippen molar-refractivity contribution in [1.82, 2.24) is 0 Å². The minimum atomic E-state index is -0.131. The minimum absolute atomic E-state index is 0.131. The number of hydrogen-bond acceptors (Lipinski definition) is 3. The Hall–Kier alpha value is -1.66. The van der Waals surface area contributed by atoms with Gasteiger partial charge in [0.15, 0.2) is 0 Å². The van der Waals surface area contributed by atoms with E-state index in [4.69, 9.17) is 15.2 Å². The van der Waals surface area contributed by atoms with Gasteiger partial charge >= 0.3 is 0 Å². The number of ether oxygens (including phenoxy) is 2. The molecule has 86 valence electrons. The molecule has 16 heavy (non-hydrogen) atoms. The van der Waals surface area contributed by atoms with Gasteiger partial charge in [0.1, 0.15) is 11.5 Å². The van der Waals surface area contributed by atoms with Crippen LogP contribution in [-0.4, -0.2) is 14.2 Å². The van der Waals surface area contributed by atoms with Crippen LogP contribution in [0.4, 0.5) is 0 Å². The van der Waals surface area contributed by atoms with Gasteiger partial charge in [0, 0.05) is 24.1 Å². The van der Waals surface area contributed by atoms with E-state index in [2.05, 4.69) is 11.8 Å². The molecule has 0 aromatic heterocycles. The molecule has 0 spiro atoms. The molecule has 1 rings (SSSR count). The van der Waals surface area contributed by atoms with E-state index in [0.717, 1.165) is 17.1 Å². The van der Waals surface area contributed by atoms with Crippen molar-refractivity contribution < 1.29 is 9.47 Å². The van der Waals surface area contributed by atoms with Crippen LogP contribution in [0, 0.1) is 11.8 Å². The van der Waals surface area contributed by atoms with E-state index in [-0.39, 0.29) is 6.04 Å². The zero-order valence-corrected chi connectivity index (χ0v) is 9.91. The molecule has 0 aliphatic rings. The van der Waals surface area contributed by atoms with E-state index in [1.54, 1.807) is 21.1 Å². The summed E-state index contributed by atoms with van der Waals surface area (Å²) >= 11 is 0. The Morgan fingerprint density at radius 3 is 2.62 bits per heavy atom. The van der Waals surface area contributed by atoms with E-state index in [0.29, 0.717) is 6.42 Å². The summed E-state index contributed by atoms with van der Waals surface area (Å²) in [6.45, 7) is 1.80. The van der Waals surface area contributed by atoms with Crippen LogP contribution in [0.5, 0.6) is 11.5 Å². The number of hydrogen-bond donors (Lipinski definition) is 1. The molecule has 1 atom stereocenters. The molecule has 2 N–H and O–H groups in total. The van der Waals surface area contributed by atoms with Crippen LogP contribution in [0.2, 0.25) is 0 Å². The number of benzene rings is 1. The highest BCUT2D eigenvalue weighted by molar-refractivity contribution is 5.42. The monoisotopic (exact) mass is 219 g/mol. The Balaban J connectivity index is 2.97. The summed E-state index contributed by atoms with van der Waals surface area (Å²) in [5.41, 5.74) is 6.98. The maximum atomic E-state index is 6.03. The molecule has 0 radical (unpaired) electrons. The van der Waals surface area contributed by atoms with E-state index >= 15 is 0 Å². The van der Waals surface area contributed by atoms with E-state index < -0.39 is 0 Å². The molecule has 1 unspecified atom stereocenters. The molecule has 1 aromatic rings. The summed E-state index contributed by atoms with van der Waals surface area (Å²) < 4.78 is 10.4. The minimum Gasteiger partial charge on any atom is -0.497 e. The average molecular weight is 219 g/mol. The second-order valence-electron chi connectivity index (χ2n) is 3.35. The Morgan fingerprint density at radius 1 is 1.31 bits per heavy atom. The lowest BCUT2D eigenvalue weighted by molar-refractivity contribution is 0.388. The van der Waals surface area contributed by atoms with Crippen LogP contribution in [0.3, 0.4) is 0 Å². The van der Waals surface area contributed by atoms with Gasteiger partial charge in [0.25, 0.3) is 0 Å². The Morgan fingerprint density at radius 2 is 2.06 bits per heavy atom. The third-order valence-electron chi connectivity index (χ3n) is 2.34. The number of methoxy groups -OCH3 is 2. The SMILES string of the molecule is CC#CCC(N)c1ccc(OC)cc1OC. The topological polar surface area (TPSA) is 44.5 Å². The summed E-state index contributed by atoms with van der Waals surface area (Å²) in [5.74, 6) is 7.30. The van der Waals surface area contributed by atoms with Gasteiger partial charge in [-0.25, -0.2) is 0 Å². The van der Waals surface area contributed by atoms with Crippen LogP contribution >= 0.6 is 0 Å². The fourth-order valence-corrected chi connectivity index (χ4v) is 1.45. The molecule has 0 saturated carbocycles. The van der Waals surface area contributed by atoms with Crippen LogP contribution in [0.15, 0.2) is 18.2 Å². The average Bonchev–Trinajstić information content (AvgIpc) is 2.34. The lowest BCUT2D eigenvalue weighted by atomic mass is 10.0. The van der Waals surface area contributed by atoms with Crippen LogP contribution in [0.1, 0.15) is 24.9 Å². The molecule has 0 aliphatic carbocycles. The first-order chi connectivity index (χ1) is 7.72. The van der Waals surface area contributed by atoms with Gasteiger partial charge in [-0.2, -0.15) is 0 Å². The summed E-state index contributed by atoms with van der Waals surface area (Å²) in [7, 11) is 3.24. The van der Waals surface area contributed by atoms with Crippen molar-refractivity contribution in [3.05, 3.63) is 23.8 Å². The second kappa shape index (κ2) is 6.04. The predicted octanol–water partition coefficient (Wildman–Crippen LogP) is 2.12. The smallest absolute Gasteiger partial charge is 0.127 e. The summed E-state index contributed by atoms with van der Waals surface area (Å²) in [6, 6.07) is 5.49. The molecule has 0 saturated heterocycles. The fourth-order valence-electron chi connectivity index (χ4n) is 1.45. The lowest BCUT2D eigenvalue weighted by Crippen LogP contribution is -2.10. The van der Waals surface area contributed by atoms with Crippen molar-refractivity contribution in [2.75, 3.05) is 14.2 Å². The second-order valence-corrected chi connectivity index (χ2v) is 3.35. The largest absolute Gasteiger partial charge is 0.497 e. The summed E-state index contributed by atoms with van der Waals surface area (Å²) in [5, 5.41) is 0. The Labute approximate surface area is 96.6 Å². The quantitative estimate of drug-likeness (QED) is 0.789. The third-order valence-corrected chi connectivity index (χ3v) is 2.34. The van der Waals surface area contributed by atoms with E-state index in [1.807, 2.05) is 18.2 Å². The highest BCUT2D eigenvalue weighted by Crippen LogP contribution is 2.29. The first-order valence-corrected chi connectivity index (χ1v) is 5.10. The van der Waals surface area contributed by atoms with Gasteiger partial charge < -0.3 is 15.2 Å². The van der Waals surface area contributed by atoms with Gasteiger partial charge in [-0.15, -0.1) is 11.8 Å². The summed E-state index contributed by atoms with van der Waals surface area (Å²) in [4.78, 5) is 0. The Kier molecular flexibility index (Phi) is 4.68. The first kappa shape index (κ1) is 12.4. The van der Waals surface area contributed by atoms with Crippen molar-refractivity contribution in [1.29, 1.82) is 0 Å². The first-order valence-electron chi connectivity index (χ1n) is 5.10. The molecule has 0 aliphatic heterocycles. The molecule has 3 nitrogen and oxygen atoms in total. The van der Waals surface area contributed by atoms with Crippen molar-refractivity contribution >= 4 is 0 Å². The van der Waals surface area contributed by atoms with Gasteiger partial charge in [-0.3, -0.25) is 0 Å². The zero-order valence-electron chi connectivity index (χ0n) is 9.91. The van der Waals surface area contributed by atoms with Gasteiger partial charge in [-0.1, -0.05) is 6.07 Å². The van der Waals surface area contributed by atoms with Crippen molar-refractivity contribution in [3.8, 4) is 23.3 Å². The molecule has 3 heteroatoms. The van der Waals surface area contributed by atoms with Crippen LogP contribution in [-0.2, 0) is 0 Å². The molecule has 0 amide bonds. The number of rotatable bonds is 4. The molecule has 1 aromatic carbocycles. The maximum absolute atomic E-state index is 6.03. The zero-order chi connectivity index (χ0) is 12.0. The number of nitrogens with two attached hydrogens (primary N) is 1. The van der Waals surface area contributed by atoms with Gasteiger partial charge in [0.05, 0.1) is 14.2 Å². The third kappa shape index (κ3) is 2.91. The van der Waals surface area contributed by atoms with E-state index in [9.17, 15) is 0 Å². The van der Waals surface area contributed by atoms with Gasteiger partial charge in [0.2, 0.25) is 0 Å². The molecule has 0 bridgehead atoms.